The standard InChI is InChI=1S/C10H17N.2C2H6/c1-5-8-9(6-2)10(7-3)11-4;2*1-2/h5,7-8,11H,1,6H2,2-4H3;2*1-2H3/b9-8-,10-7+;;. The molecule has 90 valence electrons. The van der Waals surface area contributed by atoms with Crippen LogP contribution in [0, 0.1) is 0 Å². The summed E-state index contributed by atoms with van der Waals surface area (Å²) in [5, 5.41) is 3.13. The molecule has 0 saturated carbocycles. The second-order valence-corrected chi connectivity index (χ2v) is 2.23. The van der Waals surface area contributed by atoms with Crippen molar-refractivity contribution in [2.75, 3.05) is 7.05 Å². The van der Waals surface area contributed by atoms with E-state index in [4.69, 9.17) is 0 Å². The topological polar surface area (TPSA) is 12.0 Å². The summed E-state index contributed by atoms with van der Waals surface area (Å²) in [4.78, 5) is 0. The quantitative estimate of drug-likeness (QED) is 0.665. The molecule has 0 aliphatic carbocycles. The summed E-state index contributed by atoms with van der Waals surface area (Å²) < 4.78 is 0. The molecule has 0 atom stereocenters. The van der Waals surface area contributed by atoms with E-state index in [1.54, 1.807) is 0 Å². The van der Waals surface area contributed by atoms with Crippen LogP contribution in [0.1, 0.15) is 48.0 Å². The van der Waals surface area contributed by atoms with Gasteiger partial charge in [0.25, 0.3) is 0 Å². The Kier molecular flexibility index (Phi) is 24.4. The number of allylic oxidation sites excluding steroid dienone is 4. The number of rotatable bonds is 4. The van der Waals surface area contributed by atoms with Crippen LogP contribution in [0.4, 0.5) is 0 Å². The van der Waals surface area contributed by atoms with Crippen LogP contribution >= 0.6 is 0 Å². The Morgan fingerprint density at radius 1 is 1.20 bits per heavy atom. The Labute approximate surface area is 97.0 Å². The van der Waals surface area contributed by atoms with Gasteiger partial charge in [-0.3, -0.25) is 0 Å². The van der Waals surface area contributed by atoms with Crippen molar-refractivity contribution in [3.63, 3.8) is 0 Å². The van der Waals surface area contributed by atoms with Crippen molar-refractivity contribution in [1.29, 1.82) is 0 Å². The zero-order valence-corrected chi connectivity index (χ0v) is 11.6. The zero-order chi connectivity index (χ0) is 12.7. The summed E-state index contributed by atoms with van der Waals surface area (Å²) in [5.41, 5.74) is 2.48. The molecule has 0 radical (unpaired) electrons. The summed E-state index contributed by atoms with van der Waals surface area (Å²) in [5.74, 6) is 0. The van der Waals surface area contributed by atoms with Crippen molar-refractivity contribution in [3.8, 4) is 0 Å². The van der Waals surface area contributed by atoms with Gasteiger partial charge in [-0.1, -0.05) is 59.4 Å². The molecule has 1 heteroatoms. The minimum Gasteiger partial charge on any atom is -0.388 e. The van der Waals surface area contributed by atoms with Crippen LogP contribution in [0.25, 0.3) is 0 Å². The van der Waals surface area contributed by atoms with E-state index in [1.165, 1.54) is 11.3 Å². The molecule has 0 heterocycles. The molecule has 0 fully saturated rings. The first-order chi connectivity index (χ1) is 7.29. The van der Waals surface area contributed by atoms with Gasteiger partial charge < -0.3 is 5.32 Å². The van der Waals surface area contributed by atoms with Crippen molar-refractivity contribution >= 4 is 0 Å². The Morgan fingerprint density at radius 2 is 1.67 bits per heavy atom. The molecule has 0 aromatic heterocycles. The average molecular weight is 211 g/mol. The van der Waals surface area contributed by atoms with Gasteiger partial charge in [-0.25, -0.2) is 0 Å². The van der Waals surface area contributed by atoms with E-state index in [1.807, 2.05) is 53.8 Å². The predicted octanol–water partition coefficient (Wildman–Crippen LogP) is 4.68. The van der Waals surface area contributed by atoms with Gasteiger partial charge in [0.15, 0.2) is 0 Å². The number of hydrogen-bond acceptors (Lipinski definition) is 1. The van der Waals surface area contributed by atoms with Gasteiger partial charge in [-0.05, 0) is 18.9 Å². The second-order valence-electron chi connectivity index (χ2n) is 2.23. The fourth-order valence-electron chi connectivity index (χ4n) is 1.03. The molecular formula is C14H29N. The van der Waals surface area contributed by atoms with E-state index in [-0.39, 0.29) is 0 Å². The van der Waals surface area contributed by atoms with E-state index >= 15 is 0 Å². The normalized spacial score (nSPS) is 10.3. The van der Waals surface area contributed by atoms with Crippen molar-refractivity contribution < 1.29 is 0 Å². The van der Waals surface area contributed by atoms with E-state index in [9.17, 15) is 0 Å². The molecule has 0 rings (SSSR count). The summed E-state index contributed by atoms with van der Waals surface area (Å²) in [7, 11) is 1.93. The van der Waals surface area contributed by atoms with Gasteiger partial charge >= 0.3 is 0 Å². The van der Waals surface area contributed by atoms with Crippen LogP contribution in [0.5, 0.6) is 0 Å². The van der Waals surface area contributed by atoms with E-state index in [0.29, 0.717) is 0 Å². The maximum Gasteiger partial charge on any atom is 0.0326 e. The molecule has 0 bridgehead atoms. The molecule has 0 spiro atoms. The maximum atomic E-state index is 3.67. The van der Waals surface area contributed by atoms with Gasteiger partial charge in [0, 0.05) is 12.7 Å². The lowest BCUT2D eigenvalue weighted by Gasteiger charge is -2.07. The van der Waals surface area contributed by atoms with Gasteiger partial charge in [0.05, 0.1) is 0 Å². The highest BCUT2D eigenvalue weighted by Crippen LogP contribution is 2.09. The van der Waals surface area contributed by atoms with Crippen LogP contribution in [-0.2, 0) is 0 Å². The number of hydrogen-bond donors (Lipinski definition) is 1. The summed E-state index contributed by atoms with van der Waals surface area (Å²) in [6.07, 6.45) is 6.96. The smallest absolute Gasteiger partial charge is 0.0326 e. The molecule has 0 aliphatic rings. The van der Waals surface area contributed by atoms with E-state index in [2.05, 4.69) is 24.9 Å². The lowest BCUT2D eigenvalue weighted by Crippen LogP contribution is -2.07. The largest absolute Gasteiger partial charge is 0.388 e. The molecule has 0 saturated heterocycles. The Morgan fingerprint density at radius 3 is 1.87 bits per heavy atom. The SMILES string of the molecule is C=C/C=C(CC)\C(=C/C)NC.CC.CC. The lowest BCUT2D eigenvalue weighted by atomic mass is 10.1. The maximum absolute atomic E-state index is 3.67. The van der Waals surface area contributed by atoms with Crippen molar-refractivity contribution in [2.45, 2.75) is 48.0 Å². The lowest BCUT2D eigenvalue weighted by molar-refractivity contribution is 0.950. The van der Waals surface area contributed by atoms with Crippen LogP contribution in [-0.4, -0.2) is 7.05 Å². The summed E-state index contributed by atoms with van der Waals surface area (Å²) in [6, 6.07) is 0. The fourth-order valence-corrected chi connectivity index (χ4v) is 1.03. The molecule has 0 aromatic rings. The highest BCUT2D eigenvalue weighted by atomic mass is 14.8. The first-order valence-corrected chi connectivity index (χ1v) is 5.96. The molecule has 0 aromatic carbocycles. The summed E-state index contributed by atoms with van der Waals surface area (Å²) >= 11 is 0. The van der Waals surface area contributed by atoms with E-state index in [0.717, 1.165) is 6.42 Å². The highest BCUT2D eigenvalue weighted by Gasteiger charge is 1.96. The molecule has 0 aliphatic heterocycles. The fraction of sp³-hybridized carbons (Fsp3) is 0.571. The average Bonchev–Trinajstić information content (AvgIpc) is 2.34. The van der Waals surface area contributed by atoms with Gasteiger partial charge in [-0.15, -0.1) is 0 Å². The van der Waals surface area contributed by atoms with Crippen LogP contribution < -0.4 is 5.32 Å². The Hall–Kier alpha value is -0.980. The Balaban J connectivity index is -0.000000318. The van der Waals surface area contributed by atoms with Crippen LogP contribution in [0.2, 0.25) is 0 Å². The number of likely N-dealkylation sites (N-methyl/N-ethyl adjacent to an activating group) is 1. The summed E-state index contributed by atoms with van der Waals surface area (Å²) in [6.45, 7) is 15.8. The van der Waals surface area contributed by atoms with Crippen LogP contribution in [0.15, 0.2) is 36.1 Å². The first kappa shape index (κ1) is 19.6. The van der Waals surface area contributed by atoms with Crippen molar-refractivity contribution in [3.05, 3.63) is 36.1 Å². The molecule has 15 heavy (non-hydrogen) atoms. The minimum absolute atomic E-state index is 1.03. The molecule has 1 nitrogen and oxygen atoms in total. The third kappa shape index (κ3) is 10.9. The van der Waals surface area contributed by atoms with Gasteiger partial charge in [0.1, 0.15) is 0 Å². The number of nitrogens with one attached hydrogen (secondary N) is 1. The minimum atomic E-state index is 1.03. The Bertz CT molecular complexity index is 176. The van der Waals surface area contributed by atoms with E-state index < -0.39 is 0 Å². The first-order valence-electron chi connectivity index (χ1n) is 5.96. The van der Waals surface area contributed by atoms with Gasteiger partial charge in [0.2, 0.25) is 0 Å². The predicted molar refractivity (Wildman–Crippen MR) is 74.1 cm³/mol. The van der Waals surface area contributed by atoms with Crippen molar-refractivity contribution in [1.82, 2.24) is 5.32 Å². The second kappa shape index (κ2) is 18.7. The molecular weight excluding hydrogens is 182 g/mol. The molecule has 1 N–H and O–H groups in total. The molecule has 0 amide bonds. The van der Waals surface area contributed by atoms with Crippen LogP contribution in [0.3, 0.4) is 0 Å². The molecule has 0 unspecified atom stereocenters. The van der Waals surface area contributed by atoms with Crippen molar-refractivity contribution in [2.24, 2.45) is 0 Å². The third-order valence-corrected chi connectivity index (χ3v) is 1.60. The zero-order valence-electron chi connectivity index (χ0n) is 11.6. The monoisotopic (exact) mass is 211 g/mol. The highest BCUT2D eigenvalue weighted by molar-refractivity contribution is 5.30. The van der Waals surface area contributed by atoms with Gasteiger partial charge in [-0.2, -0.15) is 0 Å². The third-order valence-electron chi connectivity index (χ3n) is 1.60.